The average molecular weight is 444 g/mol. The summed E-state index contributed by atoms with van der Waals surface area (Å²) in [4.78, 5) is 14.6. The highest BCUT2D eigenvalue weighted by Crippen LogP contribution is 2.39. The van der Waals surface area contributed by atoms with Crippen LogP contribution >= 0.6 is 11.6 Å². The van der Waals surface area contributed by atoms with E-state index in [1.165, 1.54) is 12.1 Å². The third-order valence-corrected chi connectivity index (χ3v) is 4.11. The van der Waals surface area contributed by atoms with Crippen molar-refractivity contribution in [2.24, 2.45) is 0 Å². The first-order chi connectivity index (χ1) is 14.0. The van der Waals surface area contributed by atoms with Gasteiger partial charge in [0.15, 0.2) is 11.9 Å². The summed E-state index contributed by atoms with van der Waals surface area (Å²) in [6.45, 7) is 3.15. The molecule has 8 nitrogen and oxygen atoms in total. The quantitative estimate of drug-likeness (QED) is 0.345. The fourth-order valence-electron chi connectivity index (χ4n) is 2.41. The molecule has 0 amide bonds. The van der Waals surface area contributed by atoms with E-state index in [2.05, 4.69) is 10.1 Å². The molecule has 0 bridgehead atoms. The van der Waals surface area contributed by atoms with Gasteiger partial charge in [-0.2, -0.15) is 18.2 Å². The summed E-state index contributed by atoms with van der Waals surface area (Å²) in [6, 6.07) is 6.20. The number of alkyl halides is 3. The number of aromatic nitrogens is 2. The molecule has 30 heavy (non-hydrogen) atoms. The largest absolute Gasteiger partial charge is 0.474 e. The molecular formula is C18H13ClF3N3O5. The van der Waals surface area contributed by atoms with Crippen LogP contribution in [-0.2, 0) is 6.18 Å². The Morgan fingerprint density at radius 2 is 1.93 bits per heavy atom. The Hall–Kier alpha value is -3.34. The second-order valence-electron chi connectivity index (χ2n) is 6.07. The second-order valence-corrected chi connectivity index (χ2v) is 6.48. The van der Waals surface area contributed by atoms with Crippen molar-refractivity contribution in [2.45, 2.75) is 26.1 Å². The zero-order valence-corrected chi connectivity index (χ0v) is 16.2. The molecular weight excluding hydrogens is 431 g/mol. The molecule has 0 saturated carbocycles. The third-order valence-electron chi connectivity index (χ3n) is 3.81. The smallest absolute Gasteiger partial charge is 0.416 e. The lowest BCUT2D eigenvalue weighted by atomic mass is 10.2. The topological polar surface area (TPSA) is 101 Å². The molecule has 1 unspecified atom stereocenters. The number of benzene rings is 2. The molecule has 0 spiro atoms. The van der Waals surface area contributed by atoms with Crippen molar-refractivity contribution in [3.8, 4) is 17.2 Å². The number of halogens is 4. The minimum absolute atomic E-state index is 0.0613. The zero-order valence-electron chi connectivity index (χ0n) is 15.4. The van der Waals surface area contributed by atoms with Crippen molar-refractivity contribution in [1.29, 1.82) is 0 Å². The number of hydrogen-bond donors (Lipinski definition) is 0. The fourth-order valence-corrected chi connectivity index (χ4v) is 2.63. The Labute approximate surface area is 172 Å². The molecule has 1 heterocycles. The summed E-state index contributed by atoms with van der Waals surface area (Å²) in [5.41, 5.74) is -1.29. The minimum Gasteiger partial charge on any atom is -0.474 e. The molecule has 3 aromatic rings. The van der Waals surface area contributed by atoms with Crippen LogP contribution in [0.1, 0.15) is 30.3 Å². The van der Waals surface area contributed by atoms with Crippen LogP contribution in [0.15, 0.2) is 40.9 Å². The van der Waals surface area contributed by atoms with Gasteiger partial charge in [0.2, 0.25) is 5.75 Å². The molecule has 1 aromatic heterocycles. The lowest BCUT2D eigenvalue weighted by Crippen LogP contribution is -2.06. The number of aryl methyl sites for hydroxylation is 1. The van der Waals surface area contributed by atoms with Gasteiger partial charge in [0.05, 0.1) is 15.5 Å². The maximum atomic E-state index is 12.8. The Balaban J connectivity index is 1.88. The summed E-state index contributed by atoms with van der Waals surface area (Å²) >= 11 is 5.88. The van der Waals surface area contributed by atoms with Crippen LogP contribution in [0.5, 0.6) is 17.2 Å². The normalized spacial score (nSPS) is 12.5. The molecule has 3 rings (SSSR count). The molecule has 1 atom stereocenters. The predicted molar refractivity (Wildman–Crippen MR) is 97.7 cm³/mol. The van der Waals surface area contributed by atoms with Gasteiger partial charge < -0.3 is 14.0 Å². The van der Waals surface area contributed by atoms with Crippen LogP contribution in [0, 0.1) is 17.0 Å². The molecule has 0 radical (unpaired) electrons. The van der Waals surface area contributed by atoms with Gasteiger partial charge in [-0.3, -0.25) is 10.1 Å². The van der Waals surface area contributed by atoms with Crippen molar-refractivity contribution in [1.82, 2.24) is 10.1 Å². The Morgan fingerprint density at radius 3 is 2.50 bits per heavy atom. The van der Waals surface area contributed by atoms with E-state index in [0.29, 0.717) is 5.82 Å². The first-order valence-electron chi connectivity index (χ1n) is 8.34. The van der Waals surface area contributed by atoms with Gasteiger partial charge in [0.25, 0.3) is 5.89 Å². The number of hydrogen-bond acceptors (Lipinski definition) is 7. The molecule has 12 heteroatoms. The van der Waals surface area contributed by atoms with Crippen molar-refractivity contribution >= 4 is 17.3 Å². The second kappa shape index (κ2) is 8.19. The predicted octanol–water partition coefficient (Wildman–Crippen LogP) is 5.89. The Morgan fingerprint density at radius 1 is 1.20 bits per heavy atom. The van der Waals surface area contributed by atoms with E-state index in [1.807, 2.05) is 0 Å². The first kappa shape index (κ1) is 21.4. The van der Waals surface area contributed by atoms with E-state index in [9.17, 15) is 23.3 Å². The van der Waals surface area contributed by atoms with E-state index in [4.69, 9.17) is 25.6 Å². The lowest BCUT2D eigenvalue weighted by Gasteiger charge is -2.14. The monoisotopic (exact) mass is 443 g/mol. The van der Waals surface area contributed by atoms with Gasteiger partial charge >= 0.3 is 11.9 Å². The van der Waals surface area contributed by atoms with Gasteiger partial charge in [-0.15, -0.1) is 0 Å². The fraction of sp³-hybridized carbons (Fsp3) is 0.222. The highest BCUT2D eigenvalue weighted by Gasteiger charge is 2.31. The van der Waals surface area contributed by atoms with E-state index in [-0.39, 0.29) is 33.8 Å². The number of nitro groups is 1. The number of ether oxygens (including phenoxy) is 2. The standard InChI is InChI=1S/C18H13ClF3N3O5/c1-9(17-23-10(2)24-30-17)28-16-8-12(4-5-14(16)25(26)27)29-15-6-3-11(7-13(15)19)18(20,21)22/h3-9H,1-2H3. The van der Waals surface area contributed by atoms with E-state index >= 15 is 0 Å². The van der Waals surface area contributed by atoms with Gasteiger partial charge in [0, 0.05) is 12.1 Å². The molecule has 0 N–H and O–H groups in total. The third kappa shape index (κ3) is 4.79. The molecule has 0 saturated heterocycles. The van der Waals surface area contributed by atoms with Crippen molar-refractivity contribution in [3.63, 3.8) is 0 Å². The lowest BCUT2D eigenvalue weighted by molar-refractivity contribution is -0.386. The van der Waals surface area contributed by atoms with Crippen LogP contribution in [0.4, 0.5) is 18.9 Å². The number of nitro benzene ring substituents is 1. The molecule has 158 valence electrons. The van der Waals surface area contributed by atoms with Gasteiger partial charge in [-0.25, -0.2) is 0 Å². The van der Waals surface area contributed by atoms with Crippen LogP contribution in [-0.4, -0.2) is 15.1 Å². The van der Waals surface area contributed by atoms with Crippen molar-refractivity contribution in [3.05, 3.63) is 68.8 Å². The number of rotatable bonds is 6. The van der Waals surface area contributed by atoms with E-state index in [1.54, 1.807) is 13.8 Å². The summed E-state index contributed by atoms with van der Waals surface area (Å²) in [6.07, 6.45) is -5.37. The molecule has 0 aliphatic heterocycles. The summed E-state index contributed by atoms with van der Waals surface area (Å²) in [7, 11) is 0. The van der Waals surface area contributed by atoms with Gasteiger partial charge in [0.1, 0.15) is 11.5 Å². The number of nitrogens with zero attached hydrogens (tertiary/aromatic N) is 3. The summed E-state index contributed by atoms with van der Waals surface area (Å²) in [5, 5.41) is 14.7. The van der Waals surface area contributed by atoms with Crippen molar-refractivity contribution in [2.75, 3.05) is 0 Å². The van der Waals surface area contributed by atoms with Crippen LogP contribution in [0.25, 0.3) is 0 Å². The first-order valence-corrected chi connectivity index (χ1v) is 8.72. The maximum absolute atomic E-state index is 12.8. The minimum atomic E-state index is -4.56. The maximum Gasteiger partial charge on any atom is 0.416 e. The van der Waals surface area contributed by atoms with Crippen LogP contribution < -0.4 is 9.47 Å². The summed E-state index contributed by atoms with van der Waals surface area (Å²) in [5.74, 6) is 0.308. The van der Waals surface area contributed by atoms with Crippen molar-refractivity contribution < 1.29 is 32.1 Å². The van der Waals surface area contributed by atoms with Crippen LogP contribution in [0.3, 0.4) is 0 Å². The average Bonchev–Trinajstić information content (AvgIpc) is 3.09. The van der Waals surface area contributed by atoms with E-state index < -0.39 is 22.8 Å². The zero-order chi connectivity index (χ0) is 22.1. The highest BCUT2D eigenvalue weighted by molar-refractivity contribution is 6.32. The highest BCUT2D eigenvalue weighted by atomic mass is 35.5. The molecule has 0 fully saturated rings. The molecule has 0 aliphatic carbocycles. The van der Waals surface area contributed by atoms with E-state index in [0.717, 1.165) is 24.3 Å². The Bertz CT molecular complexity index is 1090. The SMILES string of the molecule is Cc1noc(C(C)Oc2cc(Oc3ccc(C(F)(F)F)cc3Cl)ccc2[N+](=O)[O-])n1. The molecule has 0 aliphatic rings. The van der Waals surface area contributed by atoms with Gasteiger partial charge in [-0.05, 0) is 38.1 Å². The molecule has 2 aromatic carbocycles. The summed E-state index contributed by atoms with van der Waals surface area (Å²) < 4.78 is 54.3. The van der Waals surface area contributed by atoms with Gasteiger partial charge in [-0.1, -0.05) is 16.8 Å². The van der Waals surface area contributed by atoms with Crippen LogP contribution in [0.2, 0.25) is 5.02 Å². The Kier molecular flexibility index (Phi) is 5.83.